The molecule has 1 aliphatic heterocycles. The first-order chi connectivity index (χ1) is 10.6. The summed E-state index contributed by atoms with van der Waals surface area (Å²) in [5.74, 6) is 0.495. The van der Waals surface area contributed by atoms with Crippen LogP contribution < -0.4 is 0 Å². The van der Waals surface area contributed by atoms with Crippen molar-refractivity contribution in [3.8, 4) is 0 Å². The van der Waals surface area contributed by atoms with Crippen LogP contribution in [0.1, 0.15) is 47.5 Å². The third-order valence-corrected chi connectivity index (χ3v) is 4.95. The number of carbonyl (C=O) groups excluding carboxylic acids is 1. The molecule has 2 rings (SSSR count). The van der Waals surface area contributed by atoms with Gasteiger partial charge in [-0.3, -0.25) is 4.90 Å². The number of halogens is 1. The van der Waals surface area contributed by atoms with Gasteiger partial charge in [0.15, 0.2) is 0 Å². The lowest BCUT2D eigenvalue weighted by molar-refractivity contribution is -0.152. The highest BCUT2D eigenvalue weighted by atomic mass is 35.5. The van der Waals surface area contributed by atoms with Gasteiger partial charge in [0.05, 0.1) is 24.3 Å². The Morgan fingerprint density at radius 2 is 1.96 bits per heavy atom. The molecule has 1 saturated heterocycles. The molecule has 0 aromatic rings. The van der Waals surface area contributed by atoms with Crippen LogP contribution in [-0.2, 0) is 14.2 Å². The Labute approximate surface area is 144 Å². The van der Waals surface area contributed by atoms with E-state index in [2.05, 4.69) is 0 Å². The highest BCUT2D eigenvalue weighted by molar-refractivity contribution is 6.18. The summed E-state index contributed by atoms with van der Waals surface area (Å²) in [6.45, 7) is 10.1. The Balaban J connectivity index is 2.25. The van der Waals surface area contributed by atoms with E-state index in [4.69, 9.17) is 25.8 Å². The Morgan fingerprint density at radius 3 is 2.35 bits per heavy atom. The van der Waals surface area contributed by atoms with E-state index in [0.717, 1.165) is 12.8 Å². The Morgan fingerprint density at radius 1 is 1.35 bits per heavy atom. The Hall–Kier alpha value is -0.520. The van der Waals surface area contributed by atoms with Crippen molar-refractivity contribution in [3.63, 3.8) is 0 Å². The Bertz CT molecular complexity index is 431. The average Bonchev–Trinajstić information content (AvgIpc) is 3.18. The SMILES string of the molecule is CO[C@@H]1[C@@H](CCl)C2(CC2)N(C(=O)OC(C)(C)C)C[C@H]1OC(C)C. The number of carbonyl (C=O) groups is 1. The summed E-state index contributed by atoms with van der Waals surface area (Å²) in [5, 5.41) is 0. The number of nitrogens with zero attached hydrogens (tertiary/aromatic N) is 1. The highest BCUT2D eigenvalue weighted by Gasteiger charge is 2.63. The van der Waals surface area contributed by atoms with E-state index in [-0.39, 0.29) is 35.9 Å². The molecule has 1 saturated carbocycles. The summed E-state index contributed by atoms with van der Waals surface area (Å²) in [6.07, 6.45) is 1.37. The molecule has 5 nitrogen and oxygen atoms in total. The summed E-state index contributed by atoms with van der Waals surface area (Å²) < 4.78 is 17.4. The number of methoxy groups -OCH3 is 1. The van der Waals surface area contributed by atoms with Crippen LogP contribution in [0.4, 0.5) is 4.79 Å². The molecule has 0 aromatic heterocycles. The number of hydrogen-bond donors (Lipinski definition) is 0. The monoisotopic (exact) mass is 347 g/mol. The quantitative estimate of drug-likeness (QED) is 0.731. The zero-order valence-electron chi connectivity index (χ0n) is 15.1. The van der Waals surface area contributed by atoms with Crippen LogP contribution in [0.5, 0.6) is 0 Å². The molecule has 0 radical (unpaired) electrons. The van der Waals surface area contributed by atoms with Crippen LogP contribution in [0, 0.1) is 5.92 Å². The number of hydrogen-bond acceptors (Lipinski definition) is 4. The summed E-state index contributed by atoms with van der Waals surface area (Å²) in [5.41, 5.74) is -0.752. The second-order valence-electron chi connectivity index (χ2n) is 7.88. The van der Waals surface area contributed by atoms with Gasteiger partial charge in [0.2, 0.25) is 0 Å². The predicted molar refractivity (Wildman–Crippen MR) is 89.9 cm³/mol. The first kappa shape index (κ1) is 18.8. The highest BCUT2D eigenvalue weighted by Crippen LogP contribution is 2.53. The fourth-order valence-corrected chi connectivity index (χ4v) is 4.05. The molecule has 1 heterocycles. The van der Waals surface area contributed by atoms with Crippen LogP contribution in [0.15, 0.2) is 0 Å². The second-order valence-corrected chi connectivity index (χ2v) is 8.19. The molecule has 1 spiro atoms. The third-order valence-electron chi connectivity index (χ3n) is 4.61. The smallest absolute Gasteiger partial charge is 0.410 e. The number of piperidine rings is 1. The van der Waals surface area contributed by atoms with Gasteiger partial charge < -0.3 is 14.2 Å². The number of ether oxygens (including phenoxy) is 3. The van der Waals surface area contributed by atoms with Crippen molar-refractivity contribution in [3.05, 3.63) is 0 Å². The molecule has 6 heteroatoms. The van der Waals surface area contributed by atoms with E-state index in [9.17, 15) is 4.79 Å². The van der Waals surface area contributed by atoms with Gasteiger partial charge in [0, 0.05) is 18.9 Å². The minimum Gasteiger partial charge on any atom is -0.444 e. The van der Waals surface area contributed by atoms with Crippen LogP contribution >= 0.6 is 11.6 Å². The van der Waals surface area contributed by atoms with Gasteiger partial charge in [-0.05, 0) is 47.5 Å². The van der Waals surface area contributed by atoms with Crippen LogP contribution in [0.2, 0.25) is 0 Å². The van der Waals surface area contributed by atoms with E-state index in [1.165, 1.54) is 0 Å². The largest absolute Gasteiger partial charge is 0.444 e. The predicted octanol–water partition coefficient (Wildman–Crippen LogP) is 3.43. The van der Waals surface area contributed by atoms with Gasteiger partial charge in [-0.2, -0.15) is 0 Å². The summed E-state index contributed by atoms with van der Waals surface area (Å²) in [4.78, 5) is 14.6. The van der Waals surface area contributed by atoms with Crippen molar-refractivity contribution in [2.24, 2.45) is 5.92 Å². The minimum atomic E-state index is -0.518. The minimum absolute atomic E-state index is 0.0548. The van der Waals surface area contributed by atoms with E-state index >= 15 is 0 Å². The molecule has 0 unspecified atom stereocenters. The molecule has 23 heavy (non-hydrogen) atoms. The van der Waals surface area contributed by atoms with Crippen LogP contribution in [0.3, 0.4) is 0 Å². The maximum absolute atomic E-state index is 12.7. The molecular formula is C17H30ClNO4. The zero-order chi connectivity index (χ0) is 17.4. The first-order valence-corrected chi connectivity index (χ1v) is 8.93. The molecule has 0 bridgehead atoms. The summed E-state index contributed by atoms with van der Waals surface area (Å²) >= 11 is 6.27. The number of amides is 1. The molecule has 1 amide bonds. The van der Waals surface area contributed by atoms with Crippen molar-refractivity contribution >= 4 is 17.7 Å². The lowest BCUT2D eigenvalue weighted by Gasteiger charge is -2.49. The van der Waals surface area contributed by atoms with Gasteiger partial charge in [-0.25, -0.2) is 4.79 Å². The first-order valence-electron chi connectivity index (χ1n) is 8.39. The summed E-state index contributed by atoms with van der Waals surface area (Å²) in [6, 6.07) is 0. The standard InChI is InChI=1S/C17H30ClNO4/c1-11(2)22-13-10-19(15(20)23-16(3,4)5)17(7-8-17)12(9-18)14(13)21-6/h11-14H,7-10H2,1-6H3/t12-,13-,14-/m1/s1. The van der Waals surface area contributed by atoms with Crippen molar-refractivity contribution < 1.29 is 19.0 Å². The number of alkyl halides is 1. The lowest BCUT2D eigenvalue weighted by Crippen LogP contribution is -2.64. The maximum atomic E-state index is 12.7. The molecular weight excluding hydrogens is 318 g/mol. The molecule has 3 atom stereocenters. The van der Waals surface area contributed by atoms with Gasteiger partial charge in [0.25, 0.3) is 0 Å². The van der Waals surface area contributed by atoms with Gasteiger partial charge in [-0.15, -0.1) is 11.6 Å². The van der Waals surface area contributed by atoms with Gasteiger partial charge >= 0.3 is 6.09 Å². The Kier molecular flexibility index (Phi) is 5.54. The molecule has 2 aliphatic rings. The van der Waals surface area contributed by atoms with Gasteiger partial charge in [-0.1, -0.05) is 0 Å². The lowest BCUT2D eigenvalue weighted by atomic mass is 9.83. The van der Waals surface area contributed by atoms with Crippen molar-refractivity contribution in [2.75, 3.05) is 19.5 Å². The molecule has 2 fully saturated rings. The number of rotatable bonds is 4. The zero-order valence-corrected chi connectivity index (χ0v) is 15.9. The number of likely N-dealkylation sites (tertiary alicyclic amines) is 1. The molecule has 0 N–H and O–H groups in total. The molecule has 134 valence electrons. The van der Waals surface area contributed by atoms with E-state index < -0.39 is 5.60 Å². The maximum Gasteiger partial charge on any atom is 0.410 e. The topological polar surface area (TPSA) is 48.0 Å². The fourth-order valence-electron chi connectivity index (χ4n) is 3.59. The van der Waals surface area contributed by atoms with Crippen LogP contribution in [-0.4, -0.2) is 60.0 Å². The van der Waals surface area contributed by atoms with E-state index in [0.29, 0.717) is 12.4 Å². The second kappa shape index (κ2) is 6.77. The third kappa shape index (κ3) is 3.94. The van der Waals surface area contributed by atoms with E-state index in [1.54, 1.807) is 7.11 Å². The van der Waals surface area contributed by atoms with Crippen molar-refractivity contribution in [2.45, 2.75) is 76.9 Å². The average molecular weight is 348 g/mol. The van der Waals surface area contributed by atoms with E-state index in [1.807, 2.05) is 39.5 Å². The fraction of sp³-hybridized carbons (Fsp3) is 0.941. The van der Waals surface area contributed by atoms with Gasteiger partial charge in [0.1, 0.15) is 11.7 Å². The van der Waals surface area contributed by atoms with Crippen LogP contribution in [0.25, 0.3) is 0 Å². The molecule has 1 aliphatic carbocycles. The normalized spacial score (nSPS) is 29.9. The molecule has 0 aromatic carbocycles. The van der Waals surface area contributed by atoms with Crippen molar-refractivity contribution in [1.29, 1.82) is 0 Å². The van der Waals surface area contributed by atoms with Crippen molar-refractivity contribution in [1.82, 2.24) is 4.90 Å². The summed E-state index contributed by atoms with van der Waals surface area (Å²) in [7, 11) is 1.69.